The molecular formula is C16H24N4O2. The molecule has 0 spiro atoms. The van der Waals surface area contributed by atoms with Gasteiger partial charge in [-0.2, -0.15) is 5.10 Å². The van der Waals surface area contributed by atoms with Crippen LogP contribution in [-0.2, 0) is 17.6 Å². The summed E-state index contributed by atoms with van der Waals surface area (Å²) in [6.07, 6.45) is 4.19. The molecule has 22 heavy (non-hydrogen) atoms. The van der Waals surface area contributed by atoms with Crippen LogP contribution in [0.5, 0.6) is 0 Å². The van der Waals surface area contributed by atoms with Gasteiger partial charge in [0.05, 0.1) is 12.3 Å². The Balaban J connectivity index is 1.22. The number of nitrogens with zero attached hydrogens (tertiary/aromatic N) is 3. The summed E-state index contributed by atoms with van der Waals surface area (Å²) in [5.41, 5.74) is 1.92. The number of hydrogen-bond acceptors (Lipinski definition) is 6. The lowest BCUT2D eigenvalue weighted by molar-refractivity contribution is 0.0262. The van der Waals surface area contributed by atoms with E-state index in [1.165, 1.54) is 17.7 Å². The number of rotatable bonds is 5. The summed E-state index contributed by atoms with van der Waals surface area (Å²) in [7, 11) is 0. The highest BCUT2D eigenvalue weighted by Crippen LogP contribution is 2.27. The predicted molar refractivity (Wildman–Crippen MR) is 83.0 cm³/mol. The summed E-state index contributed by atoms with van der Waals surface area (Å²) in [4.78, 5) is 2.30. The molecule has 2 aliphatic heterocycles. The van der Waals surface area contributed by atoms with Crippen LogP contribution in [0.2, 0.25) is 0 Å². The Morgan fingerprint density at radius 3 is 3.09 bits per heavy atom. The molecule has 2 N–H and O–H groups in total. The zero-order chi connectivity index (χ0) is 15.0. The van der Waals surface area contributed by atoms with E-state index in [2.05, 4.69) is 26.5 Å². The largest absolute Gasteiger partial charge is 0.386 e. The number of aromatic nitrogens is 2. The Morgan fingerprint density at radius 1 is 1.36 bits per heavy atom. The van der Waals surface area contributed by atoms with Gasteiger partial charge in [-0.1, -0.05) is 0 Å². The van der Waals surface area contributed by atoms with Gasteiger partial charge >= 0.3 is 0 Å². The van der Waals surface area contributed by atoms with Crippen LogP contribution < -0.4 is 10.2 Å². The third kappa shape index (κ3) is 2.83. The first-order valence-corrected chi connectivity index (χ1v) is 8.33. The minimum Gasteiger partial charge on any atom is -0.386 e. The topological polar surface area (TPSA) is 70.5 Å². The lowest BCUT2D eigenvalue weighted by atomic mass is 9.98. The van der Waals surface area contributed by atoms with E-state index >= 15 is 0 Å². The number of fused-ring (bicyclic) bond motifs is 1. The molecule has 6 nitrogen and oxygen atoms in total. The van der Waals surface area contributed by atoms with E-state index in [0.717, 1.165) is 44.7 Å². The van der Waals surface area contributed by atoms with Crippen molar-refractivity contribution in [1.82, 2.24) is 15.5 Å². The summed E-state index contributed by atoms with van der Waals surface area (Å²) in [5, 5.41) is 22.3. The smallest absolute Gasteiger partial charge is 0.151 e. The zero-order valence-corrected chi connectivity index (χ0v) is 12.9. The second-order valence-electron chi connectivity index (χ2n) is 6.96. The molecule has 0 radical (unpaired) electrons. The highest BCUT2D eigenvalue weighted by Gasteiger charge is 2.33. The van der Waals surface area contributed by atoms with Gasteiger partial charge in [-0.15, -0.1) is 5.10 Å². The fraction of sp³-hybridized carbons (Fsp3) is 0.750. The third-order valence-corrected chi connectivity index (χ3v) is 5.06. The second kappa shape index (κ2) is 5.76. The van der Waals surface area contributed by atoms with Crippen molar-refractivity contribution in [2.24, 2.45) is 5.92 Å². The average molecular weight is 304 g/mol. The van der Waals surface area contributed by atoms with Gasteiger partial charge in [0, 0.05) is 45.1 Å². The van der Waals surface area contributed by atoms with E-state index in [1.54, 1.807) is 0 Å². The molecule has 120 valence electrons. The Kier molecular flexibility index (Phi) is 3.76. The molecule has 1 unspecified atom stereocenters. The molecule has 1 aromatic rings. The monoisotopic (exact) mass is 304 g/mol. The van der Waals surface area contributed by atoms with E-state index in [4.69, 9.17) is 4.74 Å². The average Bonchev–Trinajstić information content (AvgIpc) is 3.09. The molecule has 2 saturated heterocycles. The fourth-order valence-electron chi connectivity index (χ4n) is 3.60. The molecule has 0 amide bonds. The minimum absolute atomic E-state index is 0.460. The SMILES string of the molecule is OC1(CNCC2CN(c3cc4c(nn3)CCC4)C2)CCOC1. The first kappa shape index (κ1) is 14.4. The molecule has 0 aromatic carbocycles. The van der Waals surface area contributed by atoms with Gasteiger partial charge < -0.3 is 20.1 Å². The van der Waals surface area contributed by atoms with Crippen LogP contribution in [0.25, 0.3) is 0 Å². The summed E-state index contributed by atoms with van der Waals surface area (Å²) in [5.74, 6) is 1.65. The van der Waals surface area contributed by atoms with Gasteiger partial charge in [0.1, 0.15) is 5.60 Å². The van der Waals surface area contributed by atoms with Gasteiger partial charge in [0.25, 0.3) is 0 Å². The lowest BCUT2D eigenvalue weighted by Gasteiger charge is -2.40. The van der Waals surface area contributed by atoms with Gasteiger partial charge in [0.15, 0.2) is 5.82 Å². The molecular weight excluding hydrogens is 280 g/mol. The number of nitrogens with one attached hydrogen (secondary N) is 1. The van der Waals surface area contributed by atoms with E-state index in [9.17, 15) is 5.11 Å². The number of aliphatic hydroxyl groups is 1. The number of ether oxygens (including phenoxy) is 1. The van der Waals surface area contributed by atoms with Crippen molar-refractivity contribution in [3.8, 4) is 0 Å². The Labute approximate surface area is 130 Å². The van der Waals surface area contributed by atoms with Crippen molar-refractivity contribution in [3.63, 3.8) is 0 Å². The van der Waals surface area contributed by atoms with Crippen LogP contribution in [0.1, 0.15) is 24.1 Å². The number of aryl methyl sites for hydroxylation is 2. The maximum absolute atomic E-state index is 10.2. The van der Waals surface area contributed by atoms with E-state index in [0.29, 0.717) is 25.7 Å². The fourth-order valence-corrected chi connectivity index (χ4v) is 3.60. The second-order valence-corrected chi connectivity index (χ2v) is 6.96. The molecule has 2 fully saturated rings. The molecule has 6 heteroatoms. The van der Waals surface area contributed by atoms with Crippen molar-refractivity contribution in [3.05, 3.63) is 17.3 Å². The van der Waals surface area contributed by atoms with Crippen LogP contribution >= 0.6 is 0 Å². The number of hydrogen-bond donors (Lipinski definition) is 2. The molecule has 3 aliphatic rings. The molecule has 1 aromatic heterocycles. The Morgan fingerprint density at radius 2 is 2.27 bits per heavy atom. The summed E-state index contributed by atoms with van der Waals surface area (Å²) < 4.78 is 5.26. The van der Waals surface area contributed by atoms with Gasteiger partial charge in [-0.05, 0) is 30.9 Å². The summed E-state index contributed by atoms with van der Waals surface area (Å²) >= 11 is 0. The van der Waals surface area contributed by atoms with Crippen molar-refractivity contribution in [1.29, 1.82) is 0 Å². The van der Waals surface area contributed by atoms with Crippen LogP contribution in [0.15, 0.2) is 6.07 Å². The van der Waals surface area contributed by atoms with Crippen molar-refractivity contribution in [2.75, 3.05) is 44.3 Å². The van der Waals surface area contributed by atoms with Crippen LogP contribution in [0, 0.1) is 5.92 Å². The first-order valence-electron chi connectivity index (χ1n) is 8.33. The maximum Gasteiger partial charge on any atom is 0.151 e. The van der Waals surface area contributed by atoms with Crippen molar-refractivity contribution >= 4 is 5.82 Å². The van der Waals surface area contributed by atoms with Crippen LogP contribution in [0.4, 0.5) is 5.82 Å². The van der Waals surface area contributed by atoms with E-state index < -0.39 is 5.60 Å². The minimum atomic E-state index is -0.658. The lowest BCUT2D eigenvalue weighted by Crippen LogP contribution is -2.53. The standard InChI is InChI=1S/C16H24N4O2/c21-16(4-5-22-11-16)10-17-7-12-8-20(9-12)15-6-13-2-1-3-14(13)18-19-15/h6,12,17,21H,1-5,7-11H2. The first-order chi connectivity index (χ1) is 10.7. The molecule has 3 heterocycles. The molecule has 1 atom stereocenters. The normalized spacial score (nSPS) is 28.0. The Bertz CT molecular complexity index is 539. The van der Waals surface area contributed by atoms with Crippen molar-refractivity contribution < 1.29 is 9.84 Å². The summed E-state index contributed by atoms with van der Waals surface area (Å²) in [6, 6.07) is 2.22. The van der Waals surface area contributed by atoms with Crippen molar-refractivity contribution in [2.45, 2.75) is 31.3 Å². The molecule has 1 aliphatic carbocycles. The maximum atomic E-state index is 10.2. The quantitative estimate of drug-likeness (QED) is 0.806. The van der Waals surface area contributed by atoms with Gasteiger partial charge in [0.2, 0.25) is 0 Å². The van der Waals surface area contributed by atoms with Crippen LogP contribution in [0.3, 0.4) is 0 Å². The van der Waals surface area contributed by atoms with E-state index in [-0.39, 0.29) is 0 Å². The predicted octanol–water partition coefficient (Wildman–Crippen LogP) is 0.142. The number of anilines is 1. The van der Waals surface area contributed by atoms with Gasteiger partial charge in [-0.25, -0.2) is 0 Å². The zero-order valence-electron chi connectivity index (χ0n) is 12.9. The highest BCUT2D eigenvalue weighted by molar-refractivity contribution is 5.45. The van der Waals surface area contributed by atoms with Gasteiger partial charge in [-0.3, -0.25) is 0 Å². The summed E-state index contributed by atoms with van der Waals surface area (Å²) in [6.45, 7) is 4.75. The molecule has 0 saturated carbocycles. The van der Waals surface area contributed by atoms with Crippen LogP contribution in [-0.4, -0.2) is 60.3 Å². The third-order valence-electron chi connectivity index (χ3n) is 5.06. The highest BCUT2D eigenvalue weighted by atomic mass is 16.5. The Hall–Kier alpha value is -1.24. The molecule has 4 rings (SSSR count). The molecule has 0 bridgehead atoms. The van der Waals surface area contributed by atoms with E-state index in [1.807, 2.05) is 0 Å².